The number of carbonyl (C=O) groups excluding carboxylic acids is 2. The van der Waals surface area contributed by atoms with E-state index >= 15 is 0 Å². The Hall–Kier alpha value is -1.47. The van der Waals surface area contributed by atoms with Gasteiger partial charge in [-0.25, -0.2) is 4.39 Å². The van der Waals surface area contributed by atoms with Gasteiger partial charge in [0.05, 0.1) is 13.0 Å². The lowest BCUT2D eigenvalue weighted by molar-refractivity contribution is -0.143. The van der Waals surface area contributed by atoms with Gasteiger partial charge in [-0.05, 0) is 51.1 Å². The number of likely N-dealkylation sites (N-methyl/N-ethyl adjacent to an activating group) is 1. The number of hydrogen-bond acceptors (Lipinski definition) is 4. The Morgan fingerprint density at radius 3 is 2.77 bits per heavy atom. The number of likely N-dealkylation sites (tertiary alicyclic amines) is 1. The van der Waals surface area contributed by atoms with E-state index in [2.05, 4.69) is 27.8 Å². The maximum absolute atomic E-state index is 13.7. The first-order valence-electron chi connectivity index (χ1n) is 9.09. The third-order valence-corrected chi connectivity index (χ3v) is 5.08. The topological polar surface area (TPSA) is 49.9 Å². The van der Waals surface area contributed by atoms with Crippen LogP contribution in [0.3, 0.4) is 0 Å². The monoisotopic (exact) mass is 428 g/mol. The second kappa shape index (κ2) is 10.0. The average molecular weight is 429 g/mol. The lowest BCUT2D eigenvalue weighted by atomic mass is 10.1. The van der Waals surface area contributed by atoms with E-state index in [4.69, 9.17) is 4.74 Å². The molecule has 144 valence electrons. The Labute approximate surface area is 162 Å². The largest absolute Gasteiger partial charge is 0.466 e. The highest BCUT2D eigenvalue weighted by Gasteiger charge is 2.28. The Bertz CT molecular complexity index is 621. The number of benzene rings is 1. The molecule has 1 atom stereocenters. The van der Waals surface area contributed by atoms with Gasteiger partial charge >= 0.3 is 5.97 Å². The van der Waals surface area contributed by atoms with E-state index in [0.717, 1.165) is 25.9 Å². The van der Waals surface area contributed by atoms with Gasteiger partial charge in [0, 0.05) is 29.2 Å². The molecule has 0 aliphatic carbocycles. The first kappa shape index (κ1) is 20.8. The predicted molar refractivity (Wildman–Crippen MR) is 102 cm³/mol. The molecule has 0 N–H and O–H groups in total. The molecule has 1 amide bonds. The van der Waals surface area contributed by atoms with Crippen LogP contribution < -0.4 is 0 Å². The van der Waals surface area contributed by atoms with Crippen LogP contribution in [-0.2, 0) is 9.53 Å². The van der Waals surface area contributed by atoms with Crippen molar-refractivity contribution in [2.45, 2.75) is 39.2 Å². The highest BCUT2D eigenvalue weighted by atomic mass is 79.9. The van der Waals surface area contributed by atoms with Gasteiger partial charge in [-0.15, -0.1) is 0 Å². The van der Waals surface area contributed by atoms with Crippen LogP contribution in [0.5, 0.6) is 0 Å². The SMILES string of the molecule is CCOC(=O)CCN(C[C@H]1CCCN1CC)C(=O)c1cc(F)cc(Br)c1. The minimum Gasteiger partial charge on any atom is -0.466 e. The Kier molecular flexibility index (Phi) is 8.03. The third kappa shape index (κ3) is 5.77. The van der Waals surface area contributed by atoms with Crippen LogP contribution in [0.2, 0.25) is 0 Å². The predicted octanol–water partition coefficient (Wildman–Crippen LogP) is 3.47. The van der Waals surface area contributed by atoms with E-state index in [1.165, 1.54) is 12.1 Å². The van der Waals surface area contributed by atoms with Gasteiger partial charge in [-0.1, -0.05) is 22.9 Å². The fourth-order valence-corrected chi connectivity index (χ4v) is 3.83. The van der Waals surface area contributed by atoms with E-state index in [9.17, 15) is 14.0 Å². The summed E-state index contributed by atoms with van der Waals surface area (Å²) in [6.45, 7) is 6.91. The molecule has 0 bridgehead atoms. The van der Waals surface area contributed by atoms with Crippen molar-refractivity contribution in [2.24, 2.45) is 0 Å². The quantitative estimate of drug-likeness (QED) is 0.594. The van der Waals surface area contributed by atoms with Gasteiger partial charge in [-0.2, -0.15) is 0 Å². The summed E-state index contributed by atoms with van der Waals surface area (Å²) in [4.78, 5) is 28.7. The van der Waals surface area contributed by atoms with Crippen molar-refractivity contribution >= 4 is 27.8 Å². The minimum atomic E-state index is -0.468. The highest BCUT2D eigenvalue weighted by molar-refractivity contribution is 9.10. The summed E-state index contributed by atoms with van der Waals surface area (Å²) in [6.07, 6.45) is 2.25. The number of halogens is 2. The molecule has 1 saturated heterocycles. The summed E-state index contributed by atoms with van der Waals surface area (Å²) in [6, 6.07) is 4.42. The number of esters is 1. The summed E-state index contributed by atoms with van der Waals surface area (Å²) < 4.78 is 19.2. The normalized spacial score (nSPS) is 17.3. The molecule has 0 aromatic heterocycles. The van der Waals surface area contributed by atoms with Crippen LogP contribution in [0.4, 0.5) is 4.39 Å². The molecule has 1 aliphatic heterocycles. The zero-order valence-electron chi connectivity index (χ0n) is 15.3. The van der Waals surface area contributed by atoms with Crippen molar-refractivity contribution < 1.29 is 18.7 Å². The molecule has 2 rings (SSSR count). The molecule has 26 heavy (non-hydrogen) atoms. The van der Waals surface area contributed by atoms with Crippen LogP contribution >= 0.6 is 15.9 Å². The van der Waals surface area contributed by atoms with Crippen LogP contribution in [0.15, 0.2) is 22.7 Å². The van der Waals surface area contributed by atoms with Gasteiger partial charge < -0.3 is 9.64 Å². The van der Waals surface area contributed by atoms with Crippen LogP contribution in [0.1, 0.15) is 43.5 Å². The third-order valence-electron chi connectivity index (χ3n) is 4.62. The molecule has 1 aromatic carbocycles. The summed E-state index contributed by atoms with van der Waals surface area (Å²) in [7, 11) is 0. The molecular weight excluding hydrogens is 403 g/mol. The number of nitrogens with zero attached hydrogens (tertiary/aromatic N) is 2. The summed E-state index contributed by atoms with van der Waals surface area (Å²) in [5, 5.41) is 0. The van der Waals surface area contributed by atoms with Crippen molar-refractivity contribution in [1.29, 1.82) is 0 Å². The molecule has 1 fully saturated rings. The second-order valence-corrected chi connectivity index (χ2v) is 7.30. The maximum Gasteiger partial charge on any atom is 0.307 e. The number of carbonyl (C=O) groups is 2. The van der Waals surface area contributed by atoms with Crippen LogP contribution in [-0.4, -0.2) is 60.5 Å². The number of rotatable bonds is 8. The van der Waals surface area contributed by atoms with Crippen molar-refractivity contribution in [3.63, 3.8) is 0 Å². The smallest absolute Gasteiger partial charge is 0.307 e. The molecule has 0 unspecified atom stereocenters. The van der Waals surface area contributed by atoms with E-state index in [1.54, 1.807) is 17.9 Å². The van der Waals surface area contributed by atoms with E-state index in [-0.39, 0.29) is 36.4 Å². The zero-order valence-corrected chi connectivity index (χ0v) is 16.9. The minimum absolute atomic E-state index is 0.134. The van der Waals surface area contributed by atoms with Gasteiger partial charge in [0.25, 0.3) is 5.91 Å². The highest BCUT2D eigenvalue weighted by Crippen LogP contribution is 2.21. The number of amides is 1. The molecule has 1 aromatic rings. The lowest BCUT2D eigenvalue weighted by Crippen LogP contribution is -2.44. The van der Waals surface area contributed by atoms with Gasteiger partial charge in [0.15, 0.2) is 0 Å². The number of ether oxygens (including phenoxy) is 1. The molecule has 0 radical (unpaired) electrons. The van der Waals surface area contributed by atoms with Crippen molar-refractivity contribution in [3.8, 4) is 0 Å². The van der Waals surface area contributed by atoms with Crippen LogP contribution in [0.25, 0.3) is 0 Å². The Morgan fingerprint density at radius 1 is 1.35 bits per heavy atom. The first-order chi connectivity index (χ1) is 12.4. The standard InChI is InChI=1S/C19H26BrFN2O3/c1-3-22-8-5-6-17(22)13-23(9-7-18(24)26-4-2)19(25)14-10-15(20)12-16(21)11-14/h10-12,17H,3-9,13H2,1-2H3/t17-/m1/s1. The maximum atomic E-state index is 13.7. The fourth-order valence-electron chi connectivity index (χ4n) is 3.37. The summed E-state index contributed by atoms with van der Waals surface area (Å²) in [5.74, 6) is -1.06. The molecule has 1 aliphatic rings. The lowest BCUT2D eigenvalue weighted by Gasteiger charge is -2.30. The van der Waals surface area contributed by atoms with Gasteiger partial charge in [0.1, 0.15) is 5.82 Å². The van der Waals surface area contributed by atoms with Gasteiger partial charge in [-0.3, -0.25) is 14.5 Å². The summed E-state index contributed by atoms with van der Waals surface area (Å²) in [5.41, 5.74) is 0.279. The summed E-state index contributed by atoms with van der Waals surface area (Å²) >= 11 is 3.23. The second-order valence-electron chi connectivity index (χ2n) is 6.39. The molecule has 7 heteroatoms. The van der Waals surface area contributed by atoms with E-state index in [1.807, 2.05) is 0 Å². The number of hydrogen-bond donors (Lipinski definition) is 0. The van der Waals surface area contributed by atoms with Crippen LogP contribution in [0, 0.1) is 5.82 Å². The van der Waals surface area contributed by atoms with Crippen molar-refractivity contribution in [2.75, 3.05) is 32.8 Å². The Morgan fingerprint density at radius 2 is 2.12 bits per heavy atom. The average Bonchev–Trinajstić information content (AvgIpc) is 3.04. The van der Waals surface area contributed by atoms with Crippen molar-refractivity contribution in [1.82, 2.24) is 9.80 Å². The van der Waals surface area contributed by atoms with Crippen molar-refractivity contribution in [3.05, 3.63) is 34.1 Å². The van der Waals surface area contributed by atoms with Gasteiger partial charge in [0.2, 0.25) is 0 Å². The molecule has 0 spiro atoms. The zero-order chi connectivity index (χ0) is 19.1. The molecule has 5 nitrogen and oxygen atoms in total. The molecule has 0 saturated carbocycles. The fraction of sp³-hybridized carbons (Fsp3) is 0.579. The molecular formula is C19H26BrFN2O3. The molecule has 1 heterocycles. The van der Waals surface area contributed by atoms with E-state index < -0.39 is 5.82 Å². The first-order valence-corrected chi connectivity index (χ1v) is 9.89. The Balaban J connectivity index is 2.15. The van der Waals surface area contributed by atoms with E-state index in [0.29, 0.717) is 17.6 Å².